The van der Waals surface area contributed by atoms with Crippen LogP contribution in [0.3, 0.4) is 0 Å². The summed E-state index contributed by atoms with van der Waals surface area (Å²) >= 11 is 0. The zero-order valence-electron chi connectivity index (χ0n) is 13.9. The molecule has 3 rings (SSSR count). The smallest absolute Gasteiger partial charge is 0.266 e. The topological polar surface area (TPSA) is 78.1 Å². The van der Waals surface area contributed by atoms with Gasteiger partial charge in [0.1, 0.15) is 5.82 Å². The summed E-state index contributed by atoms with van der Waals surface area (Å²) in [7, 11) is 0. The van der Waals surface area contributed by atoms with Crippen molar-refractivity contribution in [3.05, 3.63) is 58.3 Å². The molecule has 2 N–H and O–H groups in total. The van der Waals surface area contributed by atoms with Crippen LogP contribution < -0.4 is 15.8 Å². The van der Waals surface area contributed by atoms with Gasteiger partial charge in [-0.1, -0.05) is 18.2 Å². The number of hydrogen-bond donors (Lipinski definition) is 2. The number of halogens is 1. The van der Waals surface area contributed by atoms with Crippen molar-refractivity contribution in [1.29, 1.82) is 0 Å². The zero-order valence-corrected chi connectivity index (χ0v) is 13.9. The second kappa shape index (κ2) is 7.92. The molecule has 0 radical (unpaired) electrons. The lowest BCUT2D eigenvalue weighted by atomic mass is 9.94. The highest BCUT2D eigenvalue weighted by Crippen LogP contribution is 2.23. The van der Waals surface area contributed by atoms with Crippen molar-refractivity contribution in [1.82, 2.24) is 15.5 Å². The molecule has 7 heteroatoms. The van der Waals surface area contributed by atoms with E-state index in [-0.39, 0.29) is 29.7 Å². The number of anilines is 1. The van der Waals surface area contributed by atoms with Crippen molar-refractivity contribution in [3.8, 4) is 0 Å². The highest BCUT2D eigenvalue weighted by molar-refractivity contribution is 5.76. The number of nitrogens with one attached hydrogen (secondary N) is 2. The summed E-state index contributed by atoms with van der Waals surface area (Å²) in [6.45, 7) is 1.75. The minimum absolute atomic E-state index is 0.0841. The van der Waals surface area contributed by atoms with E-state index in [0.29, 0.717) is 18.5 Å². The van der Waals surface area contributed by atoms with Gasteiger partial charge in [0, 0.05) is 37.7 Å². The van der Waals surface area contributed by atoms with Gasteiger partial charge in [0.05, 0.1) is 11.9 Å². The lowest BCUT2D eigenvalue weighted by molar-refractivity contribution is -0.122. The van der Waals surface area contributed by atoms with Crippen LogP contribution in [0.2, 0.25) is 0 Å². The minimum atomic E-state index is -0.312. The normalized spacial score (nSPS) is 17.3. The predicted molar refractivity (Wildman–Crippen MR) is 92.7 cm³/mol. The quantitative estimate of drug-likeness (QED) is 0.867. The van der Waals surface area contributed by atoms with Crippen LogP contribution in [0.5, 0.6) is 0 Å². The fraction of sp³-hybridized carbons (Fsp3) is 0.389. The molecule has 1 aliphatic rings. The van der Waals surface area contributed by atoms with Crippen LogP contribution in [0.15, 0.2) is 41.3 Å². The van der Waals surface area contributed by atoms with Gasteiger partial charge in [0.25, 0.3) is 5.56 Å². The molecule has 132 valence electrons. The predicted octanol–water partition coefficient (Wildman–Crippen LogP) is 1.83. The van der Waals surface area contributed by atoms with Crippen molar-refractivity contribution in [2.45, 2.75) is 25.8 Å². The number of aromatic amines is 1. The van der Waals surface area contributed by atoms with Gasteiger partial charge in [0.2, 0.25) is 5.91 Å². The van der Waals surface area contributed by atoms with E-state index < -0.39 is 0 Å². The average molecular weight is 344 g/mol. The molecule has 1 saturated heterocycles. The van der Waals surface area contributed by atoms with Gasteiger partial charge in [-0.3, -0.25) is 9.59 Å². The van der Waals surface area contributed by atoms with Crippen LogP contribution in [-0.2, 0) is 11.3 Å². The van der Waals surface area contributed by atoms with Crippen molar-refractivity contribution in [2.24, 2.45) is 5.92 Å². The Hall–Kier alpha value is -2.70. The van der Waals surface area contributed by atoms with Crippen LogP contribution in [0, 0.1) is 11.7 Å². The SMILES string of the molecule is O=C(CC1CCCN(c2cn[nH]c(=O)c2)C1)NCc1ccccc1F. The molecule has 0 saturated carbocycles. The van der Waals surface area contributed by atoms with E-state index in [1.54, 1.807) is 24.4 Å². The number of benzene rings is 1. The van der Waals surface area contributed by atoms with Gasteiger partial charge in [-0.15, -0.1) is 0 Å². The van der Waals surface area contributed by atoms with Crippen LogP contribution in [0.25, 0.3) is 0 Å². The number of H-pyrrole nitrogens is 1. The van der Waals surface area contributed by atoms with E-state index in [1.165, 1.54) is 12.1 Å². The van der Waals surface area contributed by atoms with E-state index in [0.717, 1.165) is 25.1 Å². The average Bonchev–Trinajstić information content (AvgIpc) is 2.61. The number of carbonyl (C=O) groups excluding carboxylic acids is 1. The van der Waals surface area contributed by atoms with Gasteiger partial charge >= 0.3 is 0 Å². The number of aromatic nitrogens is 2. The summed E-state index contributed by atoms with van der Waals surface area (Å²) in [6.07, 6.45) is 3.93. The number of piperidine rings is 1. The van der Waals surface area contributed by atoms with Gasteiger partial charge in [-0.05, 0) is 24.8 Å². The molecule has 1 aliphatic heterocycles. The van der Waals surface area contributed by atoms with E-state index in [4.69, 9.17) is 0 Å². The fourth-order valence-corrected chi connectivity index (χ4v) is 3.17. The molecule has 0 bridgehead atoms. The largest absolute Gasteiger partial charge is 0.370 e. The Kier molecular flexibility index (Phi) is 5.42. The maximum absolute atomic E-state index is 13.6. The third-order valence-corrected chi connectivity index (χ3v) is 4.44. The Balaban J connectivity index is 1.53. The molecular weight excluding hydrogens is 323 g/mol. The third-order valence-electron chi connectivity index (χ3n) is 4.44. The first kappa shape index (κ1) is 17.1. The Morgan fingerprint density at radius 2 is 2.24 bits per heavy atom. The lowest BCUT2D eigenvalue weighted by Gasteiger charge is -2.33. The first-order valence-corrected chi connectivity index (χ1v) is 8.41. The number of amides is 1. The maximum atomic E-state index is 13.6. The van der Waals surface area contributed by atoms with Crippen molar-refractivity contribution in [2.75, 3.05) is 18.0 Å². The molecule has 0 spiro atoms. The first-order chi connectivity index (χ1) is 12.1. The maximum Gasteiger partial charge on any atom is 0.266 e. The Morgan fingerprint density at radius 1 is 1.40 bits per heavy atom. The number of nitrogens with zero attached hydrogens (tertiary/aromatic N) is 2. The standard InChI is InChI=1S/C18H21FN4O2/c19-16-6-2-1-5-14(16)10-20-17(24)8-13-4-3-7-23(12-13)15-9-18(25)22-21-11-15/h1-2,5-6,9,11,13H,3-4,7-8,10,12H2,(H,20,24)(H,22,25). The zero-order chi connectivity index (χ0) is 17.6. The van der Waals surface area contributed by atoms with Gasteiger partial charge in [-0.25, -0.2) is 9.49 Å². The van der Waals surface area contributed by atoms with Gasteiger partial charge < -0.3 is 10.2 Å². The van der Waals surface area contributed by atoms with E-state index in [1.807, 2.05) is 0 Å². The van der Waals surface area contributed by atoms with Crippen molar-refractivity contribution >= 4 is 11.6 Å². The fourth-order valence-electron chi connectivity index (χ4n) is 3.17. The van der Waals surface area contributed by atoms with Gasteiger partial charge in [0.15, 0.2) is 0 Å². The molecule has 25 heavy (non-hydrogen) atoms. The number of hydrogen-bond acceptors (Lipinski definition) is 4. The highest BCUT2D eigenvalue weighted by Gasteiger charge is 2.23. The molecule has 1 amide bonds. The van der Waals surface area contributed by atoms with Gasteiger partial charge in [-0.2, -0.15) is 5.10 Å². The third kappa shape index (κ3) is 4.65. The molecule has 1 unspecified atom stereocenters. The Bertz CT molecular complexity index is 792. The molecule has 1 atom stereocenters. The second-order valence-electron chi connectivity index (χ2n) is 6.33. The summed E-state index contributed by atoms with van der Waals surface area (Å²) in [5.41, 5.74) is 1.03. The minimum Gasteiger partial charge on any atom is -0.370 e. The Morgan fingerprint density at radius 3 is 3.04 bits per heavy atom. The number of carbonyl (C=O) groups is 1. The summed E-state index contributed by atoms with van der Waals surface area (Å²) < 4.78 is 13.6. The molecule has 1 fully saturated rings. The van der Waals surface area contributed by atoms with Crippen molar-refractivity contribution < 1.29 is 9.18 Å². The van der Waals surface area contributed by atoms with E-state index >= 15 is 0 Å². The van der Waals surface area contributed by atoms with Crippen molar-refractivity contribution in [3.63, 3.8) is 0 Å². The molecular formula is C18H21FN4O2. The summed E-state index contributed by atoms with van der Waals surface area (Å²) in [5.74, 6) is -0.193. The van der Waals surface area contributed by atoms with Crippen LogP contribution in [0.4, 0.5) is 10.1 Å². The molecule has 0 aliphatic carbocycles. The summed E-state index contributed by atoms with van der Waals surface area (Å²) in [6, 6.07) is 7.95. The highest BCUT2D eigenvalue weighted by atomic mass is 19.1. The lowest BCUT2D eigenvalue weighted by Crippen LogP contribution is -2.38. The Labute approximate surface area is 145 Å². The first-order valence-electron chi connectivity index (χ1n) is 8.41. The van der Waals surface area contributed by atoms with E-state index in [9.17, 15) is 14.0 Å². The monoisotopic (exact) mass is 344 g/mol. The van der Waals surface area contributed by atoms with Crippen LogP contribution in [-0.4, -0.2) is 29.2 Å². The van der Waals surface area contributed by atoms with Crippen LogP contribution >= 0.6 is 0 Å². The second-order valence-corrected chi connectivity index (χ2v) is 6.33. The van der Waals surface area contributed by atoms with E-state index in [2.05, 4.69) is 20.4 Å². The summed E-state index contributed by atoms with van der Waals surface area (Å²) in [5, 5.41) is 8.97. The summed E-state index contributed by atoms with van der Waals surface area (Å²) in [4.78, 5) is 25.7. The molecule has 2 aromatic rings. The number of rotatable bonds is 5. The molecule has 6 nitrogen and oxygen atoms in total. The van der Waals surface area contributed by atoms with Crippen LogP contribution in [0.1, 0.15) is 24.8 Å². The molecule has 2 heterocycles. The molecule has 1 aromatic heterocycles. The molecule has 1 aromatic carbocycles.